The highest BCUT2D eigenvalue weighted by Gasteiger charge is 2.26. The number of carbonyl (C=O) groups is 2. The molecule has 0 spiro atoms. The minimum Gasteiger partial charge on any atom is -0.336 e. The van der Waals surface area contributed by atoms with E-state index in [1.807, 2.05) is 6.07 Å². The van der Waals surface area contributed by atoms with Crippen molar-refractivity contribution in [1.82, 2.24) is 15.2 Å². The Morgan fingerprint density at radius 2 is 2.22 bits per heavy atom. The molecule has 1 aromatic rings. The van der Waals surface area contributed by atoms with E-state index >= 15 is 0 Å². The van der Waals surface area contributed by atoms with Crippen LogP contribution in [0.4, 0.5) is 4.79 Å². The SMILES string of the molecule is N#Cc1cc2c(nc1SCC(=O)N1CCNC1=O)CCCCC2. The highest BCUT2D eigenvalue weighted by molar-refractivity contribution is 8.00. The van der Waals surface area contributed by atoms with Crippen molar-refractivity contribution < 1.29 is 9.59 Å². The second kappa shape index (κ2) is 7.01. The number of nitriles is 1. The molecule has 1 aromatic heterocycles. The Balaban J connectivity index is 1.74. The lowest BCUT2D eigenvalue weighted by molar-refractivity contribution is -0.124. The number of fused-ring (bicyclic) bond motifs is 1. The maximum Gasteiger partial charge on any atom is 0.324 e. The van der Waals surface area contributed by atoms with Crippen LogP contribution in [0.1, 0.15) is 36.1 Å². The monoisotopic (exact) mass is 330 g/mol. The smallest absolute Gasteiger partial charge is 0.324 e. The second-order valence-corrected chi connectivity index (χ2v) is 6.65. The Hall–Kier alpha value is -2.07. The number of amides is 3. The molecule has 1 aliphatic carbocycles. The lowest BCUT2D eigenvalue weighted by Gasteiger charge is -2.13. The number of pyridine rings is 1. The number of aryl methyl sites for hydroxylation is 2. The quantitative estimate of drug-likeness (QED) is 0.675. The topological polar surface area (TPSA) is 86.1 Å². The zero-order valence-electron chi connectivity index (χ0n) is 12.8. The predicted molar refractivity (Wildman–Crippen MR) is 86.0 cm³/mol. The molecule has 1 N–H and O–H groups in total. The van der Waals surface area contributed by atoms with Crippen molar-refractivity contribution in [3.8, 4) is 6.07 Å². The summed E-state index contributed by atoms with van der Waals surface area (Å²) in [5.74, 6) is -0.126. The first-order chi connectivity index (χ1) is 11.2. The third kappa shape index (κ3) is 3.48. The number of nitrogens with one attached hydrogen (secondary N) is 1. The summed E-state index contributed by atoms with van der Waals surface area (Å²) in [5.41, 5.74) is 2.73. The molecule has 23 heavy (non-hydrogen) atoms. The van der Waals surface area contributed by atoms with Gasteiger partial charge in [-0.1, -0.05) is 18.2 Å². The fourth-order valence-electron chi connectivity index (χ4n) is 2.90. The van der Waals surface area contributed by atoms with E-state index in [0.29, 0.717) is 23.7 Å². The Kier molecular flexibility index (Phi) is 4.82. The Bertz CT molecular complexity index is 683. The van der Waals surface area contributed by atoms with Crippen LogP contribution in [0.5, 0.6) is 0 Å². The molecule has 1 saturated heterocycles. The van der Waals surface area contributed by atoms with Crippen LogP contribution in [-0.4, -0.2) is 40.7 Å². The predicted octanol–water partition coefficient (Wildman–Crippen LogP) is 1.87. The average Bonchev–Trinajstić information content (AvgIpc) is 2.86. The van der Waals surface area contributed by atoms with Crippen molar-refractivity contribution in [2.24, 2.45) is 0 Å². The van der Waals surface area contributed by atoms with Crippen molar-refractivity contribution in [3.63, 3.8) is 0 Å². The highest BCUT2D eigenvalue weighted by atomic mass is 32.2. The number of hydrogen-bond acceptors (Lipinski definition) is 5. The largest absolute Gasteiger partial charge is 0.336 e. The summed E-state index contributed by atoms with van der Waals surface area (Å²) in [6, 6.07) is 3.76. The van der Waals surface area contributed by atoms with E-state index in [4.69, 9.17) is 0 Å². The van der Waals surface area contributed by atoms with Crippen LogP contribution in [0.15, 0.2) is 11.1 Å². The summed E-state index contributed by atoms with van der Waals surface area (Å²) < 4.78 is 0. The number of carbonyl (C=O) groups excluding carboxylic acids is 2. The molecular formula is C16H18N4O2S. The summed E-state index contributed by atoms with van der Waals surface area (Å²) in [4.78, 5) is 29.4. The molecule has 0 saturated carbocycles. The van der Waals surface area contributed by atoms with Gasteiger partial charge in [-0.2, -0.15) is 5.26 Å². The lowest BCUT2D eigenvalue weighted by atomic mass is 10.1. The number of urea groups is 1. The van der Waals surface area contributed by atoms with E-state index in [1.165, 1.54) is 23.1 Å². The van der Waals surface area contributed by atoms with Gasteiger partial charge in [-0.15, -0.1) is 0 Å². The third-order valence-corrected chi connectivity index (χ3v) is 5.10. The van der Waals surface area contributed by atoms with Crippen molar-refractivity contribution >= 4 is 23.7 Å². The van der Waals surface area contributed by atoms with Crippen molar-refractivity contribution in [2.45, 2.75) is 37.1 Å². The Morgan fingerprint density at radius 1 is 1.39 bits per heavy atom. The molecular weight excluding hydrogens is 312 g/mol. The number of hydrogen-bond donors (Lipinski definition) is 1. The van der Waals surface area contributed by atoms with E-state index in [0.717, 1.165) is 36.9 Å². The molecule has 2 heterocycles. The van der Waals surface area contributed by atoms with E-state index in [-0.39, 0.29) is 17.7 Å². The first-order valence-electron chi connectivity index (χ1n) is 7.83. The van der Waals surface area contributed by atoms with Gasteiger partial charge in [0.25, 0.3) is 0 Å². The van der Waals surface area contributed by atoms with Crippen LogP contribution in [0.3, 0.4) is 0 Å². The van der Waals surface area contributed by atoms with Crippen LogP contribution < -0.4 is 5.32 Å². The molecule has 3 amide bonds. The highest BCUT2D eigenvalue weighted by Crippen LogP contribution is 2.27. The Labute approximate surface area is 139 Å². The van der Waals surface area contributed by atoms with E-state index in [9.17, 15) is 14.9 Å². The molecule has 0 unspecified atom stereocenters. The van der Waals surface area contributed by atoms with Gasteiger partial charge in [-0.05, 0) is 37.3 Å². The van der Waals surface area contributed by atoms with Crippen LogP contribution in [0.25, 0.3) is 0 Å². The molecule has 3 rings (SSSR count). The standard InChI is InChI=1S/C16H18N4O2S/c17-9-12-8-11-4-2-1-3-5-13(11)19-15(12)23-10-14(21)20-7-6-18-16(20)22/h8H,1-7,10H2,(H,18,22). The van der Waals surface area contributed by atoms with Crippen molar-refractivity contribution in [3.05, 3.63) is 22.9 Å². The number of nitrogens with zero attached hydrogens (tertiary/aromatic N) is 3. The van der Waals surface area contributed by atoms with Crippen LogP contribution in [0.2, 0.25) is 0 Å². The summed E-state index contributed by atoms with van der Waals surface area (Å²) in [5, 5.41) is 12.6. The van der Waals surface area contributed by atoms with Crippen molar-refractivity contribution in [2.75, 3.05) is 18.8 Å². The number of imide groups is 1. The summed E-state index contributed by atoms with van der Waals surface area (Å²) in [7, 11) is 0. The van der Waals surface area contributed by atoms with Crippen molar-refractivity contribution in [1.29, 1.82) is 5.26 Å². The van der Waals surface area contributed by atoms with Crippen LogP contribution in [0, 0.1) is 11.3 Å². The molecule has 0 aromatic carbocycles. The molecule has 0 atom stereocenters. The minimum atomic E-state index is -0.342. The Morgan fingerprint density at radius 3 is 2.96 bits per heavy atom. The van der Waals surface area contributed by atoms with Gasteiger partial charge in [0.1, 0.15) is 11.1 Å². The van der Waals surface area contributed by atoms with Gasteiger partial charge >= 0.3 is 6.03 Å². The van der Waals surface area contributed by atoms with Crippen LogP contribution in [-0.2, 0) is 17.6 Å². The van der Waals surface area contributed by atoms with Gasteiger partial charge in [0.15, 0.2) is 0 Å². The second-order valence-electron chi connectivity index (χ2n) is 5.69. The zero-order valence-corrected chi connectivity index (χ0v) is 13.6. The average molecular weight is 330 g/mol. The molecule has 120 valence electrons. The number of aromatic nitrogens is 1. The lowest BCUT2D eigenvalue weighted by Crippen LogP contribution is -2.35. The molecule has 0 radical (unpaired) electrons. The van der Waals surface area contributed by atoms with Crippen LogP contribution >= 0.6 is 11.8 Å². The molecule has 1 fully saturated rings. The van der Waals surface area contributed by atoms with E-state index < -0.39 is 0 Å². The molecule has 0 bridgehead atoms. The first-order valence-corrected chi connectivity index (χ1v) is 8.81. The normalized spacial score (nSPS) is 17.2. The number of thioether (sulfide) groups is 1. The van der Waals surface area contributed by atoms with E-state index in [1.54, 1.807) is 0 Å². The summed E-state index contributed by atoms with van der Waals surface area (Å²) in [6.07, 6.45) is 5.33. The van der Waals surface area contributed by atoms with Gasteiger partial charge in [0.2, 0.25) is 5.91 Å². The fourth-order valence-corrected chi connectivity index (χ4v) is 3.75. The fraction of sp³-hybridized carbons (Fsp3) is 0.500. The molecule has 7 heteroatoms. The summed E-state index contributed by atoms with van der Waals surface area (Å²) >= 11 is 1.24. The van der Waals surface area contributed by atoms with Gasteiger partial charge in [-0.25, -0.2) is 9.78 Å². The zero-order chi connectivity index (χ0) is 16.2. The third-order valence-electron chi connectivity index (χ3n) is 4.13. The minimum absolute atomic E-state index is 0.119. The molecule has 1 aliphatic heterocycles. The number of rotatable bonds is 3. The van der Waals surface area contributed by atoms with Gasteiger partial charge in [-0.3, -0.25) is 9.69 Å². The van der Waals surface area contributed by atoms with Gasteiger partial charge < -0.3 is 5.32 Å². The van der Waals surface area contributed by atoms with Gasteiger partial charge in [0, 0.05) is 18.8 Å². The molecule has 6 nitrogen and oxygen atoms in total. The van der Waals surface area contributed by atoms with Gasteiger partial charge in [0.05, 0.1) is 11.3 Å². The maximum atomic E-state index is 12.1. The first kappa shape index (κ1) is 15.8. The van der Waals surface area contributed by atoms with E-state index in [2.05, 4.69) is 16.4 Å². The maximum absolute atomic E-state index is 12.1. The molecule has 2 aliphatic rings. The summed E-state index contributed by atoms with van der Waals surface area (Å²) in [6.45, 7) is 0.900.